The number of carbonyl (C=O) groups excluding carboxylic acids is 1. The normalized spacial score (nSPS) is 12.8. The van der Waals surface area contributed by atoms with Crippen molar-refractivity contribution in [3.8, 4) is 0 Å². The fraction of sp³-hybridized carbons (Fsp3) is 0.278. The Morgan fingerprint density at radius 3 is 1.96 bits per heavy atom. The van der Waals surface area contributed by atoms with Crippen molar-refractivity contribution in [3.63, 3.8) is 0 Å². The summed E-state index contributed by atoms with van der Waals surface area (Å²) in [5, 5.41) is 0. The number of rotatable bonds is 9. The molecule has 1 unspecified atom stereocenters. The second-order valence-electron chi connectivity index (χ2n) is 4.91. The minimum absolute atomic E-state index is 0.0542. The van der Waals surface area contributed by atoms with E-state index in [2.05, 4.69) is 0 Å². The average molecular weight is 411 g/mol. The van der Waals surface area contributed by atoms with Crippen LogP contribution in [-0.2, 0) is 13.6 Å². The first-order valence-electron chi connectivity index (χ1n) is 7.81. The topological polar surface area (TPSA) is 52.6 Å². The monoisotopic (exact) mass is 412 g/mol. The molecule has 2 aromatic carbocycles. The molecule has 2 rings (SSSR count). The van der Waals surface area contributed by atoms with E-state index in [1.165, 1.54) is 0 Å². The molecule has 0 N–H and O–H groups in total. The molecule has 1 atom stereocenters. The molecule has 6 heteroatoms. The maximum absolute atomic E-state index is 13.0. The van der Waals surface area contributed by atoms with Crippen molar-refractivity contribution >= 4 is 26.6 Å². The summed E-state index contributed by atoms with van der Waals surface area (Å²) in [7, 11) is 0. The third-order valence-corrected chi connectivity index (χ3v) is 10.1. The summed E-state index contributed by atoms with van der Waals surface area (Å²) in [4.78, 5) is 12.5. The molecule has 0 aliphatic carbocycles. The molecule has 0 saturated carbocycles. The molecule has 0 saturated heterocycles. The summed E-state index contributed by atoms with van der Waals surface area (Å²) in [6, 6.07) is 18.5. The van der Waals surface area contributed by atoms with Gasteiger partial charge in [-0.15, -0.1) is 0 Å². The first kappa shape index (κ1) is 19.1. The van der Waals surface area contributed by atoms with E-state index in [9.17, 15) is 9.36 Å². The van der Waals surface area contributed by atoms with Gasteiger partial charge in [-0.3, -0.25) is 0 Å². The Morgan fingerprint density at radius 1 is 0.958 bits per heavy atom. The summed E-state index contributed by atoms with van der Waals surface area (Å²) in [5.41, 5.74) is 1.44. The van der Waals surface area contributed by atoms with E-state index in [1.807, 2.05) is 48.5 Å². The molecule has 2 aromatic rings. The van der Waals surface area contributed by atoms with Crippen LogP contribution in [0, 0.1) is 0 Å². The zero-order valence-corrected chi connectivity index (χ0v) is 16.4. The predicted molar refractivity (Wildman–Crippen MR) is 96.6 cm³/mol. The SMILES string of the molecule is CCOP(=O)(OCC)[Se]C(C(=O)c1ccccc1)c1ccccc1. The summed E-state index contributed by atoms with van der Waals surface area (Å²) in [6.45, 7) is 4.14. The quantitative estimate of drug-likeness (QED) is 0.347. The Labute approximate surface area is 148 Å². The fourth-order valence-corrected chi connectivity index (χ4v) is 9.19. The van der Waals surface area contributed by atoms with Crippen LogP contribution in [0.5, 0.6) is 0 Å². The van der Waals surface area contributed by atoms with Crippen LogP contribution < -0.4 is 0 Å². The van der Waals surface area contributed by atoms with Gasteiger partial charge < -0.3 is 0 Å². The summed E-state index contributed by atoms with van der Waals surface area (Å²) >= 11 is -0.659. The van der Waals surface area contributed by atoms with E-state index in [0.717, 1.165) is 5.56 Å². The standard InChI is InChI=1S/C18H21O4PSe/c1-3-21-23(20,22-4-2)24-18(16-13-9-6-10-14-16)17(19)15-11-7-5-8-12-15/h5-14,18H,3-4H2,1-2H3. The molecule has 24 heavy (non-hydrogen) atoms. The summed E-state index contributed by atoms with van der Waals surface area (Å²) in [6.07, 6.45) is -3.27. The van der Waals surface area contributed by atoms with Crippen molar-refractivity contribution in [2.24, 2.45) is 0 Å². The Balaban J connectivity index is 2.37. The van der Waals surface area contributed by atoms with Crippen molar-refractivity contribution < 1.29 is 18.4 Å². The second-order valence-corrected chi connectivity index (χ2v) is 11.7. The van der Waals surface area contributed by atoms with Crippen LogP contribution >= 0.6 is 6.29 Å². The third-order valence-electron chi connectivity index (χ3n) is 3.21. The van der Waals surface area contributed by atoms with Crippen LogP contribution in [0.15, 0.2) is 60.7 Å². The molecule has 0 fully saturated rings. The van der Waals surface area contributed by atoms with Gasteiger partial charge in [-0.05, 0) is 0 Å². The summed E-state index contributed by atoms with van der Waals surface area (Å²) < 4.78 is 23.8. The Morgan fingerprint density at radius 2 is 1.46 bits per heavy atom. The molecule has 0 amide bonds. The number of benzene rings is 2. The molecule has 0 heterocycles. The van der Waals surface area contributed by atoms with E-state index in [0.29, 0.717) is 18.8 Å². The Bertz CT molecular complexity index is 681. The van der Waals surface area contributed by atoms with E-state index < -0.39 is 25.6 Å². The number of hydrogen-bond acceptors (Lipinski definition) is 4. The molecular weight excluding hydrogens is 390 g/mol. The molecule has 0 radical (unpaired) electrons. The zero-order chi connectivity index (χ0) is 17.4. The Hall–Kier alpha value is -1.22. The van der Waals surface area contributed by atoms with Crippen LogP contribution in [-0.4, -0.2) is 33.5 Å². The molecule has 0 aromatic heterocycles. The van der Waals surface area contributed by atoms with Gasteiger partial charge in [0.2, 0.25) is 0 Å². The molecule has 4 nitrogen and oxygen atoms in total. The predicted octanol–water partition coefficient (Wildman–Crippen LogP) is 4.50. The van der Waals surface area contributed by atoms with Gasteiger partial charge in [-0.1, -0.05) is 0 Å². The van der Waals surface area contributed by atoms with Crippen LogP contribution in [0.3, 0.4) is 0 Å². The number of Topliss-reactive ketones (excluding diaryl/α,β-unsaturated/α-hetero) is 1. The number of ketones is 1. The van der Waals surface area contributed by atoms with Gasteiger partial charge in [0.05, 0.1) is 0 Å². The molecule has 0 spiro atoms. The maximum atomic E-state index is 13.0. The summed E-state index contributed by atoms with van der Waals surface area (Å²) in [5.74, 6) is -0.0542. The van der Waals surface area contributed by atoms with Crippen molar-refractivity contribution in [2.45, 2.75) is 18.7 Å². The number of carbonyl (C=O) groups is 1. The number of hydrogen-bond donors (Lipinski definition) is 0. The average Bonchev–Trinajstić information content (AvgIpc) is 2.61. The second kappa shape index (κ2) is 9.31. The first-order chi connectivity index (χ1) is 11.6. The van der Waals surface area contributed by atoms with Crippen LogP contribution in [0.1, 0.15) is 34.6 Å². The van der Waals surface area contributed by atoms with Crippen LogP contribution in [0.25, 0.3) is 0 Å². The van der Waals surface area contributed by atoms with Crippen LogP contribution in [0.2, 0.25) is 0 Å². The molecule has 128 valence electrons. The van der Waals surface area contributed by atoms with Gasteiger partial charge in [0.25, 0.3) is 0 Å². The fourth-order valence-electron chi connectivity index (χ4n) is 2.19. The minimum atomic E-state index is -3.27. The van der Waals surface area contributed by atoms with E-state index >= 15 is 0 Å². The van der Waals surface area contributed by atoms with Crippen LogP contribution in [0.4, 0.5) is 0 Å². The van der Waals surface area contributed by atoms with Crippen molar-refractivity contribution in [1.29, 1.82) is 0 Å². The van der Waals surface area contributed by atoms with Gasteiger partial charge in [0.15, 0.2) is 0 Å². The molecule has 0 bridgehead atoms. The van der Waals surface area contributed by atoms with Gasteiger partial charge in [0, 0.05) is 0 Å². The zero-order valence-electron chi connectivity index (χ0n) is 13.8. The van der Waals surface area contributed by atoms with Gasteiger partial charge >= 0.3 is 149 Å². The van der Waals surface area contributed by atoms with E-state index in [4.69, 9.17) is 9.05 Å². The first-order valence-corrected chi connectivity index (χ1v) is 12.6. The van der Waals surface area contributed by atoms with Gasteiger partial charge in [0.1, 0.15) is 0 Å². The molecule has 0 aliphatic rings. The Kier molecular flexibility index (Phi) is 7.41. The van der Waals surface area contributed by atoms with Crippen molar-refractivity contribution in [1.82, 2.24) is 0 Å². The van der Waals surface area contributed by atoms with Crippen molar-refractivity contribution in [3.05, 3.63) is 71.8 Å². The van der Waals surface area contributed by atoms with Crippen molar-refractivity contribution in [2.75, 3.05) is 13.2 Å². The third kappa shape index (κ3) is 5.14. The van der Waals surface area contributed by atoms with E-state index in [-0.39, 0.29) is 5.78 Å². The molecule has 0 aliphatic heterocycles. The van der Waals surface area contributed by atoms with Gasteiger partial charge in [-0.25, -0.2) is 0 Å². The molecular formula is C18H21O4PSe. The van der Waals surface area contributed by atoms with Gasteiger partial charge in [-0.2, -0.15) is 0 Å². The van der Waals surface area contributed by atoms with E-state index in [1.54, 1.807) is 26.0 Å².